The highest BCUT2D eigenvalue weighted by Gasteiger charge is 2.51. The van der Waals surface area contributed by atoms with Gasteiger partial charge in [-0.3, -0.25) is 9.59 Å². The van der Waals surface area contributed by atoms with Gasteiger partial charge in [0, 0.05) is 31.0 Å². The fraction of sp³-hybridized carbons (Fsp3) is 0.882. The van der Waals surface area contributed by atoms with E-state index in [0.29, 0.717) is 29.2 Å². The highest BCUT2D eigenvalue weighted by Crippen LogP contribution is 2.49. The van der Waals surface area contributed by atoms with Crippen molar-refractivity contribution in [2.24, 2.45) is 23.2 Å². The van der Waals surface area contributed by atoms with Crippen LogP contribution in [0, 0.1) is 23.2 Å². The minimum Gasteiger partial charge on any atom is -0.353 e. The van der Waals surface area contributed by atoms with Crippen molar-refractivity contribution in [1.82, 2.24) is 10.2 Å². The van der Waals surface area contributed by atoms with Gasteiger partial charge in [-0.25, -0.2) is 0 Å². The molecule has 4 heteroatoms. The summed E-state index contributed by atoms with van der Waals surface area (Å²) in [5, 5.41) is 3.18. The molecule has 0 unspecified atom stereocenters. The molecule has 0 aromatic heterocycles. The molecule has 21 heavy (non-hydrogen) atoms. The zero-order valence-corrected chi connectivity index (χ0v) is 12.9. The van der Waals surface area contributed by atoms with Crippen molar-refractivity contribution in [3.05, 3.63) is 0 Å². The first-order valence-corrected chi connectivity index (χ1v) is 8.64. The summed E-state index contributed by atoms with van der Waals surface area (Å²) in [6.07, 6.45) is 7.62. The van der Waals surface area contributed by atoms with Crippen LogP contribution in [0.2, 0.25) is 0 Å². The molecule has 3 aliphatic carbocycles. The molecule has 0 atom stereocenters. The third-order valence-electron chi connectivity index (χ3n) is 6.13. The molecule has 3 saturated carbocycles. The van der Waals surface area contributed by atoms with Gasteiger partial charge in [-0.1, -0.05) is 6.92 Å². The predicted octanol–water partition coefficient (Wildman–Crippen LogP) is 1.94. The Balaban J connectivity index is 1.25. The molecule has 4 nitrogen and oxygen atoms in total. The molecular formula is C17H26N2O2. The predicted molar refractivity (Wildman–Crippen MR) is 79.4 cm³/mol. The van der Waals surface area contributed by atoms with Crippen molar-refractivity contribution in [1.29, 1.82) is 0 Å². The normalized spacial score (nSPS) is 41.6. The maximum absolute atomic E-state index is 12.4. The molecule has 4 rings (SSSR count). The molecule has 1 heterocycles. The summed E-state index contributed by atoms with van der Waals surface area (Å²) in [7, 11) is 0. The van der Waals surface area contributed by atoms with E-state index in [4.69, 9.17) is 0 Å². The zero-order valence-electron chi connectivity index (χ0n) is 12.9. The maximum Gasteiger partial charge on any atom is 0.225 e. The number of nitrogens with zero attached hydrogens (tertiary/aromatic N) is 1. The van der Waals surface area contributed by atoms with Crippen LogP contribution in [-0.2, 0) is 9.59 Å². The summed E-state index contributed by atoms with van der Waals surface area (Å²) >= 11 is 0. The first kappa shape index (κ1) is 13.6. The van der Waals surface area contributed by atoms with Gasteiger partial charge in [-0.2, -0.15) is 0 Å². The summed E-state index contributed by atoms with van der Waals surface area (Å²) in [6, 6.07) is 0.372. The third kappa shape index (κ3) is 2.47. The third-order valence-corrected chi connectivity index (χ3v) is 6.13. The molecule has 0 aromatic rings. The quantitative estimate of drug-likeness (QED) is 0.863. The number of hydrogen-bond acceptors (Lipinski definition) is 2. The summed E-state index contributed by atoms with van der Waals surface area (Å²) < 4.78 is 0. The number of likely N-dealkylation sites (tertiary alicyclic amines) is 1. The van der Waals surface area contributed by atoms with Gasteiger partial charge in [-0.05, 0) is 56.3 Å². The molecule has 0 bridgehead atoms. The lowest BCUT2D eigenvalue weighted by Gasteiger charge is -2.45. The lowest BCUT2D eigenvalue weighted by molar-refractivity contribution is -0.139. The van der Waals surface area contributed by atoms with E-state index in [1.165, 1.54) is 0 Å². The van der Waals surface area contributed by atoms with E-state index >= 15 is 0 Å². The largest absolute Gasteiger partial charge is 0.353 e. The highest BCUT2D eigenvalue weighted by molar-refractivity contribution is 5.81. The second-order valence-corrected chi connectivity index (χ2v) is 8.17. The van der Waals surface area contributed by atoms with E-state index in [9.17, 15) is 9.59 Å². The van der Waals surface area contributed by atoms with Crippen LogP contribution in [0.5, 0.6) is 0 Å². The second-order valence-electron chi connectivity index (χ2n) is 8.17. The lowest BCUT2D eigenvalue weighted by Crippen LogP contribution is -2.52. The van der Waals surface area contributed by atoms with Gasteiger partial charge in [0.2, 0.25) is 11.8 Å². The van der Waals surface area contributed by atoms with Gasteiger partial charge in [0.15, 0.2) is 0 Å². The molecule has 1 N–H and O–H groups in total. The minimum atomic E-state index is 0.268. The van der Waals surface area contributed by atoms with Gasteiger partial charge in [0.05, 0.1) is 0 Å². The number of hydrogen-bond donors (Lipinski definition) is 1. The number of rotatable bonds is 3. The van der Waals surface area contributed by atoms with E-state index in [1.54, 1.807) is 0 Å². The second kappa shape index (κ2) is 4.72. The number of carbonyl (C=O) groups excluding carboxylic acids is 2. The van der Waals surface area contributed by atoms with Crippen LogP contribution in [0.3, 0.4) is 0 Å². The first-order chi connectivity index (χ1) is 10.0. The Morgan fingerprint density at radius 2 is 1.86 bits per heavy atom. The van der Waals surface area contributed by atoms with Crippen molar-refractivity contribution in [3.8, 4) is 0 Å². The Labute approximate surface area is 126 Å². The molecule has 0 aromatic carbocycles. The fourth-order valence-electron chi connectivity index (χ4n) is 4.57. The molecule has 1 saturated heterocycles. The number of carbonyl (C=O) groups is 2. The van der Waals surface area contributed by atoms with Crippen molar-refractivity contribution in [2.75, 3.05) is 13.1 Å². The summed E-state index contributed by atoms with van der Waals surface area (Å²) in [4.78, 5) is 26.3. The van der Waals surface area contributed by atoms with Crippen LogP contribution < -0.4 is 5.32 Å². The first-order valence-electron chi connectivity index (χ1n) is 8.64. The summed E-state index contributed by atoms with van der Waals surface area (Å²) in [6.45, 7) is 4.11. The Kier molecular flexibility index (Phi) is 3.05. The van der Waals surface area contributed by atoms with E-state index in [0.717, 1.165) is 64.0 Å². The van der Waals surface area contributed by atoms with Crippen molar-refractivity contribution in [3.63, 3.8) is 0 Å². The van der Waals surface area contributed by atoms with Gasteiger partial charge >= 0.3 is 0 Å². The smallest absolute Gasteiger partial charge is 0.225 e. The molecule has 1 aliphatic heterocycles. The van der Waals surface area contributed by atoms with E-state index in [2.05, 4.69) is 17.1 Å². The van der Waals surface area contributed by atoms with Gasteiger partial charge in [0.25, 0.3) is 0 Å². The lowest BCUT2D eigenvalue weighted by atomic mass is 9.65. The SMILES string of the molecule is CC1CC(C(=O)N2CCC3(CC(NC(=O)C4CC4)C3)C2)C1. The minimum absolute atomic E-state index is 0.268. The van der Waals surface area contributed by atoms with E-state index in [1.807, 2.05) is 0 Å². The van der Waals surface area contributed by atoms with Gasteiger partial charge in [-0.15, -0.1) is 0 Å². The van der Waals surface area contributed by atoms with Crippen LogP contribution >= 0.6 is 0 Å². The fourth-order valence-corrected chi connectivity index (χ4v) is 4.57. The number of amides is 2. The Bertz CT molecular complexity index is 459. The van der Waals surface area contributed by atoms with Gasteiger partial charge < -0.3 is 10.2 Å². The number of nitrogens with one attached hydrogen (secondary N) is 1. The standard InChI is InChI=1S/C17H26N2O2/c1-11-6-13(7-11)16(21)19-5-4-17(10-19)8-14(9-17)18-15(20)12-2-3-12/h11-14H,2-10H2,1H3,(H,18,20). The van der Waals surface area contributed by atoms with Crippen LogP contribution in [0.25, 0.3) is 0 Å². The molecule has 116 valence electrons. The molecule has 1 spiro atoms. The molecule has 0 radical (unpaired) electrons. The van der Waals surface area contributed by atoms with Crippen molar-refractivity contribution in [2.45, 2.75) is 57.9 Å². The van der Waals surface area contributed by atoms with Gasteiger partial charge in [0.1, 0.15) is 0 Å². The maximum atomic E-state index is 12.4. The molecule has 4 fully saturated rings. The highest BCUT2D eigenvalue weighted by atomic mass is 16.2. The van der Waals surface area contributed by atoms with Crippen molar-refractivity contribution >= 4 is 11.8 Å². The Hall–Kier alpha value is -1.06. The van der Waals surface area contributed by atoms with Crippen LogP contribution in [-0.4, -0.2) is 35.8 Å². The van der Waals surface area contributed by atoms with Crippen LogP contribution in [0.1, 0.15) is 51.9 Å². The summed E-state index contributed by atoms with van der Waals surface area (Å²) in [5.41, 5.74) is 0.326. The van der Waals surface area contributed by atoms with Crippen LogP contribution in [0.4, 0.5) is 0 Å². The monoisotopic (exact) mass is 290 g/mol. The average molecular weight is 290 g/mol. The topological polar surface area (TPSA) is 49.4 Å². The Morgan fingerprint density at radius 1 is 1.14 bits per heavy atom. The van der Waals surface area contributed by atoms with Crippen LogP contribution in [0.15, 0.2) is 0 Å². The average Bonchev–Trinajstić information content (AvgIpc) is 3.14. The molecule has 2 amide bonds. The molecule has 4 aliphatic rings. The van der Waals surface area contributed by atoms with E-state index in [-0.39, 0.29) is 5.91 Å². The Morgan fingerprint density at radius 3 is 2.48 bits per heavy atom. The zero-order chi connectivity index (χ0) is 14.6. The molecular weight excluding hydrogens is 264 g/mol. The van der Waals surface area contributed by atoms with Crippen molar-refractivity contribution < 1.29 is 9.59 Å². The van der Waals surface area contributed by atoms with E-state index < -0.39 is 0 Å². The summed E-state index contributed by atoms with van der Waals surface area (Å²) in [5.74, 6) is 2.02.